The van der Waals surface area contributed by atoms with E-state index < -0.39 is 11.1 Å². The highest BCUT2D eigenvalue weighted by Gasteiger charge is 2.09. The number of aromatic nitrogens is 2. The maximum absolute atomic E-state index is 11.8. The third-order valence-corrected chi connectivity index (χ3v) is 2.96. The zero-order valence-corrected chi connectivity index (χ0v) is 11.1. The van der Waals surface area contributed by atoms with Gasteiger partial charge >= 0.3 is 11.1 Å². The Morgan fingerprint density at radius 1 is 1.45 bits per heavy atom. The van der Waals surface area contributed by atoms with Crippen LogP contribution in [0.1, 0.15) is 17.3 Å². The highest BCUT2D eigenvalue weighted by Crippen LogP contribution is 2.11. The van der Waals surface area contributed by atoms with Gasteiger partial charge in [-0.1, -0.05) is 6.08 Å². The maximum Gasteiger partial charge on any atom is 0.316 e. The zero-order chi connectivity index (χ0) is 14.7. The molecule has 0 spiro atoms. The Morgan fingerprint density at radius 3 is 2.85 bits per heavy atom. The van der Waals surface area contributed by atoms with E-state index in [1.165, 1.54) is 4.57 Å². The molecule has 2 aromatic rings. The van der Waals surface area contributed by atoms with Gasteiger partial charge in [-0.2, -0.15) is 0 Å². The molecule has 0 fully saturated rings. The van der Waals surface area contributed by atoms with E-state index in [0.29, 0.717) is 29.7 Å². The first-order chi connectivity index (χ1) is 9.58. The molecule has 0 saturated carbocycles. The Balaban J connectivity index is 2.58. The molecule has 0 radical (unpaired) electrons. The fraction of sp³-hybridized carbons (Fsp3) is 0.214. The Kier molecular flexibility index (Phi) is 3.84. The largest absolute Gasteiger partial charge is 0.349 e. The monoisotopic (exact) mass is 273 g/mol. The number of nitrogens with zero attached hydrogens (tertiary/aromatic N) is 1. The number of benzene rings is 1. The molecule has 1 aromatic carbocycles. The first-order valence-corrected chi connectivity index (χ1v) is 6.24. The molecule has 6 heteroatoms. The van der Waals surface area contributed by atoms with Crippen LogP contribution < -0.4 is 16.4 Å². The highest BCUT2D eigenvalue weighted by molar-refractivity contribution is 5.97. The summed E-state index contributed by atoms with van der Waals surface area (Å²) in [5, 5.41) is 2.65. The van der Waals surface area contributed by atoms with Crippen LogP contribution in [0.4, 0.5) is 0 Å². The van der Waals surface area contributed by atoms with Crippen molar-refractivity contribution in [2.75, 3.05) is 6.54 Å². The summed E-state index contributed by atoms with van der Waals surface area (Å²) >= 11 is 0. The summed E-state index contributed by atoms with van der Waals surface area (Å²) in [6.07, 6.45) is 1.58. The quantitative estimate of drug-likeness (QED) is 0.633. The molecular formula is C14H15N3O3. The van der Waals surface area contributed by atoms with Gasteiger partial charge in [0.2, 0.25) is 0 Å². The number of rotatable bonds is 4. The average molecular weight is 273 g/mol. The van der Waals surface area contributed by atoms with E-state index in [1.54, 1.807) is 31.2 Å². The molecule has 20 heavy (non-hydrogen) atoms. The first kappa shape index (κ1) is 13.8. The molecule has 1 heterocycles. The van der Waals surface area contributed by atoms with Gasteiger partial charge in [0.1, 0.15) is 0 Å². The Hall–Kier alpha value is -2.63. The second-order valence-electron chi connectivity index (χ2n) is 4.23. The van der Waals surface area contributed by atoms with Crippen LogP contribution in [0.3, 0.4) is 0 Å². The molecule has 2 rings (SSSR count). The smallest absolute Gasteiger partial charge is 0.316 e. The minimum absolute atomic E-state index is 0.262. The van der Waals surface area contributed by atoms with Crippen LogP contribution in [0.25, 0.3) is 11.0 Å². The van der Waals surface area contributed by atoms with Gasteiger partial charge in [-0.15, -0.1) is 6.58 Å². The average Bonchev–Trinajstić information content (AvgIpc) is 2.45. The van der Waals surface area contributed by atoms with Gasteiger partial charge in [0.05, 0.1) is 11.0 Å². The third kappa shape index (κ3) is 2.40. The fourth-order valence-electron chi connectivity index (χ4n) is 2.00. The molecule has 0 atom stereocenters. The second kappa shape index (κ2) is 5.56. The van der Waals surface area contributed by atoms with Crippen molar-refractivity contribution in [2.45, 2.75) is 13.5 Å². The lowest BCUT2D eigenvalue weighted by molar-refractivity contribution is 0.0958. The molecule has 2 N–H and O–H groups in total. The number of aryl methyl sites for hydroxylation is 1. The van der Waals surface area contributed by atoms with Crippen LogP contribution in [0, 0.1) is 0 Å². The number of nitrogens with one attached hydrogen (secondary N) is 2. The molecule has 0 saturated heterocycles. The van der Waals surface area contributed by atoms with Crippen molar-refractivity contribution < 1.29 is 4.79 Å². The van der Waals surface area contributed by atoms with E-state index in [0.717, 1.165) is 0 Å². The van der Waals surface area contributed by atoms with Gasteiger partial charge in [-0.05, 0) is 25.1 Å². The van der Waals surface area contributed by atoms with Gasteiger partial charge in [0, 0.05) is 18.7 Å². The van der Waals surface area contributed by atoms with E-state index in [1.807, 2.05) is 0 Å². The Bertz CT molecular complexity index is 786. The SMILES string of the molecule is C=CCNC(=O)c1ccc2c(c1)[nH]c(=O)c(=O)n2CC. The number of hydrogen-bond donors (Lipinski definition) is 2. The summed E-state index contributed by atoms with van der Waals surface area (Å²) in [7, 11) is 0. The first-order valence-electron chi connectivity index (χ1n) is 6.24. The van der Waals surface area contributed by atoms with Crippen LogP contribution in [0.15, 0.2) is 40.4 Å². The molecule has 0 aliphatic rings. The zero-order valence-electron chi connectivity index (χ0n) is 11.1. The minimum atomic E-state index is -0.692. The molecule has 0 unspecified atom stereocenters. The van der Waals surface area contributed by atoms with E-state index in [4.69, 9.17) is 0 Å². The summed E-state index contributed by atoms with van der Waals surface area (Å²) in [6, 6.07) is 4.82. The van der Waals surface area contributed by atoms with Gasteiger partial charge in [-0.3, -0.25) is 14.4 Å². The number of amides is 1. The predicted molar refractivity (Wildman–Crippen MR) is 77.0 cm³/mol. The van der Waals surface area contributed by atoms with Crippen molar-refractivity contribution >= 4 is 16.9 Å². The van der Waals surface area contributed by atoms with Crippen molar-refractivity contribution in [3.05, 3.63) is 57.1 Å². The predicted octanol–water partition coefficient (Wildman–Crippen LogP) is 0.625. The Morgan fingerprint density at radius 2 is 2.20 bits per heavy atom. The lowest BCUT2D eigenvalue weighted by Gasteiger charge is -2.08. The van der Waals surface area contributed by atoms with E-state index in [-0.39, 0.29) is 5.91 Å². The summed E-state index contributed by atoms with van der Waals surface area (Å²) in [5.41, 5.74) is 0.184. The molecule has 6 nitrogen and oxygen atoms in total. The highest BCUT2D eigenvalue weighted by atomic mass is 16.2. The van der Waals surface area contributed by atoms with Crippen LogP contribution in [-0.4, -0.2) is 22.0 Å². The molecule has 1 aromatic heterocycles. The summed E-state index contributed by atoms with van der Waals surface area (Å²) in [6.45, 7) is 6.06. The molecular weight excluding hydrogens is 258 g/mol. The maximum atomic E-state index is 11.8. The molecule has 0 aliphatic heterocycles. The normalized spacial score (nSPS) is 10.4. The van der Waals surface area contributed by atoms with Crippen LogP contribution >= 0.6 is 0 Å². The van der Waals surface area contributed by atoms with Crippen molar-refractivity contribution in [2.24, 2.45) is 0 Å². The number of fused-ring (bicyclic) bond motifs is 1. The topological polar surface area (TPSA) is 84.0 Å². The number of H-pyrrole nitrogens is 1. The number of carbonyl (C=O) groups is 1. The van der Waals surface area contributed by atoms with Gasteiger partial charge in [0.15, 0.2) is 0 Å². The number of carbonyl (C=O) groups excluding carboxylic acids is 1. The molecule has 0 bridgehead atoms. The van der Waals surface area contributed by atoms with E-state index >= 15 is 0 Å². The van der Waals surface area contributed by atoms with Crippen molar-refractivity contribution in [1.29, 1.82) is 0 Å². The summed E-state index contributed by atoms with van der Waals surface area (Å²) in [5.74, 6) is -0.262. The standard InChI is InChI=1S/C14H15N3O3/c1-3-7-15-12(18)9-5-6-11-10(8-9)16-13(19)14(20)17(11)4-2/h3,5-6,8H,1,4,7H2,2H3,(H,15,18)(H,16,19). The van der Waals surface area contributed by atoms with Gasteiger partial charge in [-0.25, -0.2) is 0 Å². The summed E-state index contributed by atoms with van der Waals surface area (Å²) < 4.78 is 1.37. The van der Waals surface area contributed by atoms with Crippen molar-refractivity contribution in [1.82, 2.24) is 14.9 Å². The van der Waals surface area contributed by atoms with E-state index in [2.05, 4.69) is 16.9 Å². The number of aromatic amines is 1. The number of hydrogen-bond acceptors (Lipinski definition) is 3. The molecule has 104 valence electrons. The fourth-order valence-corrected chi connectivity index (χ4v) is 2.00. The molecule has 1 amide bonds. The minimum Gasteiger partial charge on any atom is -0.349 e. The third-order valence-electron chi connectivity index (χ3n) is 2.96. The second-order valence-corrected chi connectivity index (χ2v) is 4.23. The van der Waals surface area contributed by atoms with Crippen molar-refractivity contribution in [3.63, 3.8) is 0 Å². The lowest BCUT2D eigenvalue weighted by Crippen LogP contribution is -2.36. The lowest BCUT2D eigenvalue weighted by atomic mass is 10.1. The molecule has 0 aliphatic carbocycles. The van der Waals surface area contributed by atoms with Crippen LogP contribution in [-0.2, 0) is 6.54 Å². The van der Waals surface area contributed by atoms with Crippen LogP contribution in [0.2, 0.25) is 0 Å². The van der Waals surface area contributed by atoms with Crippen LogP contribution in [0.5, 0.6) is 0 Å². The van der Waals surface area contributed by atoms with E-state index in [9.17, 15) is 14.4 Å². The van der Waals surface area contributed by atoms with Gasteiger partial charge in [0.25, 0.3) is 5.91 Å². The van der Waals surface area contributed by atoms with Gasteiger partial charge < -0.3 is 14.9 Å². The Labute approximate surface area is 114 Å². The van der Waals surface area contributed by atoms with Crippen molar-refractivity contribution in [3.8, 4) is 0 Å². The summed E-state index contributed by atoms with van der Waals surface area (Å²) in [4.78, 5) is 37.6.